The van der Waals surface area contributed by atoms with Crippen LogP contribution in [-0.4, -0.2) is 15.7 Å². The van der Waals surface area contributed by atoms with Crippen molar-refractivity contribution in [1.82, 2.24) is 9.78 Å². The molecule has 0 aliphatic heterocycles. The molecule has 1 amide bonds. The van der Waals surface area contributed by atoms with Gasteiger partial charge in [-0.1, -0.05) is 31.5 Å². The molecule has 5 heteroatoms. The van der Waals surface area contributed by atoms with Gasteiger partial charge in [0, 0.05) is 16.3 Å². The van der Waals surface area contributed by atoms with E-state index < -0.39 is 5.91 Å². The summed E-state index contributed by atoms with van der Waals surface area (Å²) >= 11 is 6.21. The van der Waals surface area contributed by atoms with Gasteiger partial charge in [0.1, 0.15) is 0 Å². The zero-order chi connectivity index (χ0) is 14.7. The van der Waals surface area contributed by atoms with Crippen molar-refractivity contribution >= 4 is 17.5 Å². The van der Waals surface area contributed by atoms with Crippen molar-refractivity contribution < 1.29 is 4.79 Å². The van der Waals surface area contributed by atoms with Gasteiger partial charge in [0.25, 0.3) is 0 Å². The third-order valence-corrected chi connectivity index (χ3v) is 3.65. The second-order valence-electron chi connectivity index (χ2n) is 4.66. The summed E-state index contributed by atoms with van der Waals surface area (Å²) in [7, 11) is 0. The normalized spacial score (nSPS) is 10.8. The maximum absolute atomic E-state index is 11.1. The fraction of sp³-hybridized carbons (Fsp3) is 0.333. The Morgan fingerprint density at radius 1 is 1.30 bits per heavy atom. The Morgan fingerprint density at radius 3 is 2.60 bits per heavy atom. The van der Waals surface area contributed by atoms with Crippen LogP contribution in [0.5, 0.6) is 0 Å². The number of hydrogen-bond acceptors (Lipinski definition) is 2. The van der Waals surface area contributed by atoms with E-state index in [4.69, 9.17) is 17.3 Å². The van der Waals surface area contributed by atoms with E-state index in [0.717, 1.165) is 24.1 Å². The van der Waals surface area contributed by atoms with Crippen molar-refractivity contribution in [3.63, 3.8) is 0 Å². The van der Waals surface area contributed by atoms with Gasteiger partial charge < -0.3 is 5.73 Å². The highest BCUT2D eigenvalue weighted by Gasteiger charge is 2.10. The van der Waals surface area contributed by atoms with E-state index in [1.807, 2.05) is 10.7 Å². The van der Waals surface area contributed by atoms with Gasteiger partial charge in [-0.15, -0.1) is 0 Å². The summed E-state index contributed by atoms with van der Waals surface area (Å²) in [6.45, 7) is 4.78. The molecule has 0 spiro atoms. The molecule has 0 aliphatic carbocycles. The Balaban J connectivity index is 2.30. The van der Waals surface area contributed by atoms with Crippen LogP contribution in [0.3, 0.4) is 0 Å². The lowest BCUT2D eigenvalue weighted by molar-refractivity contribution is 0.100. The molecule has 0 unspecified atom stereocenters. The fourth-order valence-electron chi connectivity index (χ4n) is 2.10. The smallest absolute Gasteiger partial charge is 0.248 e. The lowest BCUT2D eigenvalue weighted by Crippen LogP contribution is -2.12. The molecule has 1 aromatic heterocycles. The molecule has 2 N–H and O–H groups in total. The molecule has 0 fully saturated rings. The minimum Gasteiger partial charge on any atom is -0.366 e. The van der Waals surface area contributed by atoms with Crippen LogP contribution in [0.2, 0.25) is 5.02 Å². The molecule has 0 saturated carbocycles. The number of nitrogens with two attached hydrogens (primary N) is 1. The first kappa shape index (κ1) is 14.6. The van der Waals surface area contributed by atoms with Gasteiger partial charge in [-0.2, -0.15) is 5.10 Å². The van der Waals surface area contributed by atoms with Gasteiger partial charge in [0.2, 0.25) is 5.91 Å². The van der Waals surface area contributed by atoms with Gasteiger partial charge in [-0.25, -0.2) is 0 Å². The lowest BCUT2D eigenvalue weighted by atomic mass is 10.1. The molecule has 2 aromatic rings. The standard InChI is InChI=1S/C15H18ClN3O/c1-3-12-8-13(4-2)19(18-12)9-11-6-5-10(15(17)20)7-14(11)16/h5-8H,3-4,9H2,1-2H3,(H2,17,20). The molecular weight excluding hydrogens is 274 g/mol. The number of primary amides is 1. The number of halogens is 1. The topological polar surface area (TPSA) is 60.9 Å². The summed E-state index contributed by atoms with van der Waals surface area (Å²) in [6, 6.07) is 7.25. The highest BCUT2D eigenvalue weighted by Crippen LogP contribution is 2.20. The van der Waals surface area contributed by atoms with Crippen LogP contribution in [0.15, 0.2) is 24.3 Å². The Morgan fingerprint density at radius 2 is 2.05 bits per heavy atom. The van der Waals surface area contributed by atoms with Crippen LogP contribution in [0, 0.1) is 0 Å². The predicted molar refractivity (Wildman–Crippen MR) is 80.1 cm³/mol. The zero-order valence-corrected chi connectivity index (χ0v) is 12.4. The summed E-state index contributed by atoms with van der Waals surface area (Å²) in [4.78, 5) is 11.1. The number of hydrogen-bond donors (Lipinski definition) is 1. The minimum atomic E-state index is -0.472. The molecule has 0 saturated heterocycles. The molecule has 1 heterocycles. The second-order valence-corrected chi connectivity index (χ2v) is 5.07. The number of carbonyl (C=O) groups is 1. The molecule has 106 valence electrons. The lowest BCUT2D eigenvalue weighted by Gasteiger charge is -2.08. The van der Waals surface area contributed by atoms with Gasteiger partial charge in [-0.3, -0.25) is 9.48 Å². The first-order valence-electron chi connectivity index (χ1n) is 6.69. The summed E-state index contributed by atoms with van der Waals surface area (Å²) in [5.74, 6) is -0.472. The number of nitrogens with zero attached hydrogens (tertiary/aromatic N) is 2. The average molecular weight is 292 g/mol. The minimum absolute atomic E-state index is 0.421. The number of benzene rings is 1. The fourth-order valence-corrected chi connectivity index (χ4v) is 2.34. The van der Waals surface area contributed by atoms with Crippen LogP contribution >= 0.6 is 11.6 Å². The van der Waals surface area contributed by atoms with Crippen LogP contribution in [0.1, 0.15) is 41.2 Å². The van der Waals surface area contributed by atoms with Crippen LogP contribution < -0.4 is 5.73 Å². The van der Waals surface area contributed by atoms with Crippen molar-refractivity contribution in [3.8, 4) is 0 Å². The van der Waals surface area contributed by atoms with Crippen molar-refractivity contribution in [2.24, 2.45) is 5.73 Å². The van der Waals surface area contributed by atoms with Gasteiger partial charge in [0.05, 0.1) is 12.2 Å². The quantitative estimate of drug-likeness (QED) is 0.921. The van der Waals surface area contributed by atoms with Crippen LogP contribution in [-0.2, 0) is 19.4 Å². The molecule has 20 heavy (non-hydrogen) atoms. The monoisotopic (exact) mass is 291 g/mol. The SMILES string of the molecule is CCc1cc(CC)n(Cc2ccc(C(N)=O)cc2Cl)n1. The molecule has 0 aliphatic rings. The average Bonchev–Trinajstić information content (AvgIpc) is 2.83. The molecule has 0 radical (unpaired) electrons. The Hall–Kier alpha value is -1.81. The van der Waals surface area contributed by atoms with E-state index in [1.54, 1.807) is 12.1 Å². The Labute approximate surface area is 123 Å². The molecule has 4 nitrogen and oxygen atoms in total. The highest BCUT2D eigenvalue weighted by molar-refractivity contribution is 6.31. The second kappa shape index (κ2) is 6.09. The van der Waals surface area contributed by atoms with Crippen LogP contribution in [0.4, 0.5) is 0 Å². The molecule has 0 bridgehead atoms. The van der Waals surface area contributed by atoms with Crippen molar-refractivity contribution in [1.29, 1.82) is 0 Å². The van der Waals surface area contributed by atoms with Crippen LogP contribution in [0.25, 0.3) is 0 Å². The van der Waals surface area contributed by atoms with E-state index in [0.29, 0.717) is 17.1 Å². The van der Waals surface area contributed by atoms with Crippen molar-refractivity contribution in [2.45, 2.75) is 33.2 Å². The molecule has 2 rings (SSSR count). The summed E-state index contributed by atoms with van der Waals surface area (Å²) in [6.07, 6.45) is 1.83. The van der Waals surface area contributed by atoms with Gasteiger partial charge >= 0.3 is 0 Å². The van der Waals surface area contributed by atoms with E-state index in [9.17, 15) is 4.79 Å². The predicted octanol–water partition coefficient (Wildman–Crippen LogP) is 2.81. The van der Waals surface area contributed by atoms with Crippen molar-refractivity contribution in [3.05, 3.63) is 51.8 Å². The summed E-state index contributed by atoms with van der Waals surface area (Å²) in [5.41, 5.74) is 8.84. The maximum atomic E-state index is 11.1. The van der Waals surface area contributed by atoms with Gasteiger partial charge in [-0.05, 0) is 36.6 Å². The third kappa shape index (κ3) is 3.02. The summed E-state index contributed by atoms with van der Waals surface area (Å²) < 4.78 is 1.96. The number of aryl methyl sites for hydroxylation is 2. The largest absolute Gasteiger partial charge is 0.366 e. The van der Waals surface area contributed by atoms with Gasteiger partial charge in [0.15, 0.2) is 0 Å². The van der Waals surface area contributed by atoms with Crippen molar-refractivity contribution in [2.75, 3.05) is 0 Å². The van der Waals surface area contributed by atoms with E-state index in [-0.39, 0.29) is 0 Å². The first-order chi connectivity index (χ1) is 9.55. The Bertz CT molecular complexity index is 634. The van der Waals surface area contributed by atoms with E-state index in [1.165, 1.54) is 5.69 Å². The molecular formula is C15H18ClN3O. The van der Waals surface area contributed by atoms with E-state index >= 15 is 0 Å². The first-order valence-corrected chi connectivity index (χ1v) is 7.06. The van der Waals surface area contributed by atoms with E-state index in [2.05, 4.69) is 25.0 Å². The molecule has 1 aromatic carbocycles. The highest BCUT2D eigenvalue weighted by atomic mass is 35.5. The molecule has 0 atom stereocenters. The maximum Gasteiger partial charge on any atom is 0.248 e. The zero-order valence-electron chi connectivity index (χ0n) is 11.7. The number of aromatic nitrogens is 2. The Kier molecular flexibility index (Phi) is 4.45. The number of amides is 1. The third-order valence-electron chi connectivity index (χ3n) is 3.30. The number of rotatable bonds is 5. The number of carbonyl (C=O) groups excluding carboxylic acids is 1. The summed E-state index contributed by atoms with van der Waals surface area (Å²) in [5, 5.41) is 5.10.